The fourth-order valence-corrected chi connectivity index (χ4v) is 1.87. The molecule has 0 bridgehead atoms. The fourth-order valence-electron chi connectivity index (χ4n) is 1.87. The van der Waals surface area contributed by atoms with E-state index >= 15 is 0 Å². The fraction of sp³-hybridized carbons (Fsp3) is 0.500. The Morgan fingerprint density at radius 1 is 1.61 bits per heavy atom. The highest BCUT2D eigenvalue weighted by molar-refractivity contribution is 5.88. The number of nitrogens with one attached hydrogen (secondary N) is 2. The molecule has 2 rings (SSSR count). The molecule has 0 unspecified atom stereocenters. The van der Waals surface area contributed by atoms with E-state index in [2.05, 4.69) is 10.6 Å². The van der Waals surface area contributed by atoms with Crippen molar-refractivity contribution in [3.05, 3.63) is 28.7 Å². The third kappa shape index (κ3) is 3.10. The van der Waals surface area contributed by atoms with Crippen molar-refractivity contribution < 1.29 is 9.53 Å². The number of carbonyl (C=O) groups is 1. The Hall–Kier alpha value is -1.82. The molecule has 18 heavy (non-hydrogen) atoms. The van der Waals surface area contributed by atoms with Crippen LogP contribution in [0.2, 0.25) is 0 Å². The van der Waals surface area contributed by atoms with Gasteiger partial charge in [0, 0.05) is 26.4 Å². The lowest BCUT2D eigenvalue weighted by molar-refractivity contribution is 0.112. The molecule has 2 heterocycles. The SMILES string of the molecule is Cn1cccc(NC(=O)NC[C@@H]2CCCO2)c1=O. The third-order valence-corrected chi connectivity index (χ3v) is 2.89. The molecular formula is C12H17N3O3. The van der Waals surface area contributed by atoms with E-state index in [1.165, 1.54) is 4.57 Å². The standard InChI is InChI=1S/C12H17N3O3/c1-15-6-2-5-10(11(15)16)14-12(17)13-8-9-4-3-7-18-9/h2,5-6,9H,3-4,7-8H2,1H3,(H2,13,14,17)/t9-/m0/s1. The number of carbonyl (C=O) groups excluding carboxylic acids is 1. The molecule has 0 aliphatic carbocycles. The van der Waals surface area contributed by atoms with Crippen LogP contribution in [0.5, 0.6) is 0 Å². The summed E-state index contributed by atoms with van der Waals surface area (Å²) >= 11 is 0. The summed E-state index contributed by atoms with van der Waals surface area (Å²) in [5, 5.41) is 5.23. The number of amides is 2. The lowest BCUT2D eigenvalue weighted by atomic mass is 10.2. The summed E-state index contributed by atoms with van der Waals surface area (Å²) in [7, 11) is 1.64. The van der Waals surface area contributed by atoms with Crippen LogP contribution in [0.25, 0.3) is 0 Å². The highest BCUT2D eigenvalue weighted by Crippen LogP contribution is 2.10. The van der Waals surface area contributed by atoms with E-state index in [-0.39, 0.29) is 23.4 Å². The summed E-state index contributed by atoms with van der Waals surface area (Å²) in [4.78, 5) is 23.3. The predicted octanol–water partition coefficient (Wildman–Crippen LogP) is 0.686. The minimum atomic E-state index is -0.381. The molecule has 1 aliphatic rings. The molecule has 6 nitrogen and oxygen atoms in total. The first kappa shape index (κ1) is 12.6. The summed E-state index contributed by atoms with van der Waals surface area (Å²) in [5.41, 5.74) is 0.0367. The Bertz CT molecular complexity index is 478. The van der Waals surface area contributed by atoms with Crippen molar-refractivity contribution in [1.29, 1.82) is 0 Å². The van der Waals surface area contributed by atoms with Crippen LogP contribution < -0.4 is 16.2 Å². The molecule has 0 saturated carbocycles. The Labute approximate surface area is 105 Å². The average Bonchev–Trinajstić information content (AvgIpc) is 2.86. The van der Waals surface area contributed by atoms with Gasteiger partial charge in [-0.2, -0.15) is 0 Å². The van der Waals surface area contributed by atoms with Gasteiger partial charge in [0.05, 0.1) is 6.10 Å². The number of rotatable bonds is 3. The van der Waals surface area contributed by atoms with Gasteiger partial charge in [-0.3, -0.25) is 4.79 Å². The van der Waals surface area contributed by atoms with Gasteiger partial charge in [-0.1, -0.05) is 0 Å². The number of anilines is 1. The Balaban J connectivity index is 1.86. The number of hydrogen-bond acceptors (Lipinski definition) is 3. The zero-order chi connectivity index (χ0) is 13.0. The van der Waals surface area contributed by atoms with Gasteiger partial charge in [0.15, 0.2) is 0 Å². The Morgan fingerprint density at radius 2 is 2.44 bits per heavy atom. The van der Waals surface area contributed by atoms with Crippen molar-refractivity contribution in [2.45, 2.75) is 18.9 Å². The molecule has 1 saturated heterocycles. The molecular weight excluding hydrogens is 234 g/mol. The van der Waals surface area contributed by atoms with Crippen LogP contribution in [0.15, 0.2) is 23.1 Å². The highest BCUT2D eigenvalue weighted by Gasteiger charge is 2.16. The summed E-state index contributed by atoms with van der Waals surface area (Å²) < 4.78 is 6.80. The van der Waals surface area contributed by atoms with Gasteiger partial charge in [0.25, 0.3) is 5.56 Å². The molecule has 2 amide bonds. The Morgan fingerprint density at radius 3 is 3.17 bits per heavy atom. The number of nitrogens with zero attached hydrogens (tertiary/aromatic N) is 1. The molecule has 0 radical (unpaired) electrons. The van der Waals surface area contributed by atoms with Gasteiger partial charge < -0.3 is 19.9 Å². The maximum absolute atomic E-state index is 11.7. The van der Waals surface area contributed by atoms with E-state index < -0.39 is 0 Å². The van der Waals surface area contributed by atoms with Gasteiger partial charge in [0.2, 0.25) is 0 Å². The number of ether oxygens (including phenoxy) is 1. The van der Waals surface area contributed by atoms with Gasteiger partial charge in [-0.05, 0) is 25.0 Å². The number of aryl methyl sites for hydroxylation is 1. The topological polar surface area (TPSA) is 72.4 Å². The van der Waals surface area contributed by atoms with Crippen LogP contribution >= 0.6 is 0 Å². The van der Waals surface area contributed by atoms with Gasteiger partial charge >= 0.3 is 6.03 Å². The first-order valence-electron chi connectivity index (χ1n) is 5.99. The van der Waals surface area contributed by atoms with E-state index in [9.17, 15) is 9.59 Å². The minimum Gasteiger partial charge on any atom is -0.376 e. The molecule has 1 fully saturated rings. The summed E-state index contributed by atoms with van der Waals surface area (Å²) in [6.07, 6.45) is 3.73. The van der Waals surface area contributed by atoms with E-state index in [0.717, 1.165) is 19.4 Å². The molecule has 1 aromatic heterocycles. The first-order chi connectivity index (χ1) is 8.66. The molecule has 1 atom stereocenters. The number of pyridine rings is 1. The molecule has 6 heteroatoms. The van der Waals surface area contributed by atoms with Crippen molar-refractivity contribution in [3.8, 4) is 0 Å². The Kier molecular flexibility index (Phi) is 3.99. The summed E-state index contributed by atoms with van der Waals surface area (Å²) in [6, 6.07) is 2.90. The maximum atomic E-state index is 11.7. The van der Waals surface area contributed by atoms with Crippen LogP contribution in [0, 0.1) is 0 Å². The molecule has 0 aromatic carbocycles. The van der Waals surface area contributed by atoms with Crippen LogP contribution in [-0.2, 0) is 11.8 Å². The first-order valence-corrected chi connectivity index (χ1v) is 5.99. The van der Waals surface area contributed by atoms with Gasteiger partial charge in [-0.15, -0.1) is 0 Å². The second-order valence-corrected chi connectivity index (χ2v) is 4.31. The second-order valence-electron chi connectivity index (χ2n) is 4.31. The average molecular weight is 251 g/mol. The van der Waals surface area contributed by atoms with Crippen molar-refractivity contribution in [2.24, 2.45) is 7.05 Å². The van der Waals surface area contributed by atoms with Crippen LogP contribution in [0.1, 0.15) is 12.8 Å². The van der Waals surface area contributed by atoms with E-state index in [4.69, 9.17) is 4.74 Å². The highest BCUT2D eigenvalue weighted by atomic mass is 16.5. The second kappa shape index (κ2) is 5.68. The lowest BCUT2D eigenvalue weighted by Crippen LogP contribution is -2.36. The predicted molar refractivity (Wildman–Crippen MR) is 67.7 cm³/mol. The number of hydrogen-bond donors (Lipinski definition) is 2. The largest absolute Gasteiger partial charge is 0.376 e. The quantitative estimate of drug-likeness (QED) is 0.830. The van der Waals surface area contributed by atoms with E-state index in [1.807, 2.05) is 0 Å². The molecule has 0 spiro atoms. The smallest absolute Gasteiger partial charge is 0.319 e. The summed E-state index contributed by atoms with van der Waals surface area (Å²) in [6.45, 7) is 1.23. The van der Waals surface area contributed by atoms with E-state index in [1.54, 1.807) is 25.4 Å². The number of urea groups is 1. The van der Waals surface area contributed by atoms with Crippen molar-refractivity contribution in [3.63, 3.8) is 0 Å². The zero-order valence-electron chi connectivity index (χ0n) is 10.3. The molecule has 2 N–H and O–H groups in total. The molecule has 1 aliphatic heterocycles. The molecule has 98 valence electrons. The van der Waals surface area contributed by atoms with Crippen molar-refractivity contribution in [1.82, 2.24) is 9.88 Å². The van der Waals surface area contributed by atoms with Crippen molar-refractivity contribution in [2.75, 3.05) is 18.5 Å². The van der Waals surface area contributed by atoms with Crippen LogP contribution in [0.3, 0.4) is 0 Å². The lowest BCUT2D eigenvalue weighted by Gasteiger charge is -2.11. The van der Waals surface area contributed by atoms with Crippen LogP contribution in [0.4, 0.5) is 10.5 Å². The van der Waals surface area contributed by atoms with Crippen molar-refractivity contribution >= 4 is 11.7 Å². The minimum absolute atomic E-state index is 0.0920. The summed E-state index contributed by atoms with van der Waals surface area (Å²) in [5.74, 6) is 0. The monoisotopic (exact) mass is 251 g/mol. The third-order valence-electron chi connectivity index (χ3n) is 2.89. The van der Waals surface area contributed by atoms with E-state index in [0.29, 0.717) is 6.54 Å². The maximum Gasteiger partial charge on any atom is 0.319 e. The van der Waals surface area contributed by atoms with Gasteiger partial charge in [0.1, 0.15) is 5.69 Å². The van der Waals surface area contributed by atoms with Crippen LogP contribution in [-0.4, -0.2) is 29.9 Å². The molecule has 1 aromatic rings. The number of aromatic nitrogens is 1. The van der Waals surface area contributed by atoms with Gasteiger partial charge in [-0.25, -0.2) is 4.79 Å². The normalized spacial score (nSPS) is 18.6. The zero-order valence-corrected chi connectivity index (χ0v) is 10.3.